The van der Waals surface area contributed by atoms with E-state index in [1.165, 1.54) is 18.2 Å². The maximum Gasteiger partial charge on any atom is 0.236 e. The number of pyridine rings is 1. The van der Waals surface area contributed by atoms with Crippen LogP contribution >= 0.6 is 11.8 Å². The second kappa shape index (κ2) is 9.35. The van der Waals surface area contributed by atoms with Gasteiger partial charge in [0.1, 0.15) is 0 Å². The molecule has 3 heterocycles. The number of aromatic nitrogens is 4. The van der Waals surface area contributed by atoms with E-state index >= 15 is 0 Å². The van der Waals surface area contributed by atoms with Crippen LogP contribution in [-0.2, 0) is 11.3 Å². The highest BCUT2D eigenvalue weighted by atomic mass is 32.2. The van der Waals surface area contributed by atoms with Crippen molar-refractivity contribution >= 4 is 17.7 Å². The van der Waals surface area contributed by atoms with Crippen molar-refractivity contribution in [3.8, 4) is 11.4 Å². The summed E-state index contributed by atoms with van der Waals surface area (Å²) in [7, 11) is 0. The molecule has 27 heavy (non-hydrogen) atoms. The van der Waals surface area contributed by atoms with Crippen molar-refractivity contribution in [2.45, 2.75) is 75.9 Å². The Kier molecular flexibility index (Phi) is 6.88. The third-order valence-corrected chi connectivity index (χ3v) is 6.18. The molecule has 1 amide bonds. The van der Waals surface area contributed by atoms with Gasteiger partial charge in [-0.15, -0.1) is 10.2 Å². The maximum absolute atomic E-state index is 13.1. The van der Waals surface area contributed by atoms with E-state index < -0.39 is 0 Å². The van der Waals surface area contributed by atoms with Crippen LogP contribution in [0.2, 0.25) is 0 Å². The standard InChI is InChI=1S/C20H29N5OS/c1-4-13-25-18(16-9-11-21-12-10-16)22-23-20(25)27-15(3)19(26)24-14-7-6-8-17(24)5-2/h9-12,15,17H,4-8,13-14H2,1-3H3. The third kappa shape index (κ3) is 4.51. The Balaban J connectivity index is 1.78. The van der Waals surface area contributed by atoms with Gasteiger partial charge in [0.2, 0.25) is 5.91 Å². The minimum absolute atomic E-state index is 0.165. The Morgan fingerprint density at radius 1 is 1.26 bits per heavy atom. The molecule has 1 aliphatic rings. The smallest absolute Gasteiger partial charge is 0.236 e. The molecule has 2 unspecified atom stereocenters. The van der Waals surface area contributed by atoms with Gasteiger partial charge < -0.3 is 9.47 Å². The maximum atomic E-state index is 13.1. The van der Waals surface area contributed by atoms with Gasteiger partial charge in [0.05, 0.1) is 5.25 Å². The Hall–Kier alpha value is -1.89. The van der Waals surface area contributed by atoms with Crippen LogP contribution in [0.5, 0.6) is 0 Å². The Bertz CT molecular complexity index is 748. The number of carbonyl (C=O) groups excluding carboxylic acids is 1. The Morgan fingerprint density at radius 2 is 2.04 bits per heavy atom. The molecule has 7 heteroatoms. The second-order valence-corrected chi connectivity index (χ2v) is 8.35. The number of nitrogens with zero attached hydrogens (tertiary/aromatic N) is 5. The number of rotatable bonds is 7. The number of piperidine rings is 1. The molecule has 1 fully saturated rings. The van der Waals surface area contributed by atoms with Crippen LogP contribution in [0.25, 0.3) is 11.4 Å². The molecule has 2 aromatic heterocycles. The lowest BCUT2D eigenvalue weighted by atomic mass is 10.00. The van der Waals surface area contributed by atoms with Gasteiger partial charge in [-0.3, -0.25) is 9.78 Å². The number of amides is 1. The van der Waals surface area contributed by atoms with E-state index in [0.717, 1.165) is 55.3 Å². The molecule has 0 N–H and O–H groups in total. The first-order chi connectivity index (χ1) is 13.2. The van der Waals surface area contributed by atoms with Crippen molar-refractivity contribution in [1.82, 2.24) is 24.6 Å². The molecule has 1 saturated heterocycles. The van der Waals surface area contributed by atoms with Gasteiger partial charge in [0.25, 0.3) is 0 Å². The Morgan fingerprint density at radius 3 is 2.74 bits per heavy atom. The molecule has 2 atom stereocenters. The van der Waals surface area contributed by atoms with Gasteiger partial charge in [0.15, 0.2) is 11.0 Å². The molecule has 1 aliphatic heterocycles. The summed E-state index contributed by atoms with van der Waals surface area (Å²) in [6.45, 7) is 8.01. The lowest BCUT2D eigenvalue weighted by Crippen LogP contribution is -2.46. The molecule has 146 valence electrons. The molecule has 0 bridgehead atoms. The topological polar surface area (TPSA) is 63.9 Å². The fourth-order valence-corrected chi connectivity index (χ4v) is 4.62. The summed E-state index contributed by atoms with van der Waals surface area (Å²) in [4.78, 5) is 19.2. The van der Waals surface area contributed by atoms with Crippen LogP contribution in [0.3, 0.4) is 0 Å². The van der Waals surface area contributed by atoms with Crippen molar-refractivity contribution in [1.29, 1.82) is 0 Å². The Labute approximate surface area is 165 Å². The van der Waals surface area contributed by atoms with Crippen LogP contribution in [0, 0.1) is 0 Å². The van der Waals surface area contributed by atoms with E-state index in [9.17, 15) is 4.79 Å². The zero-order valence-corrected chi connectivity index (χ0v) is 17.3. The number of hydrogen-bond acceptors (Lipinski definition) is 5. The summed E-state index contributed by atoms with van der Waals surface area (Å²) in [6.07, 6.45) is 9.00. The average Bonchev–Trinajstić information content (AvgIpc) is 3.10. The third-order valence-electron chi connectivity index (χ3n) is 5.11. The highest BCUT2D eigenvalue weighted by Gasteiger charge is 2.30. The zero-order valence-electron chi connectivity index (χ0n) is 16.5. The van der Waals surface area contributed by atoms with E-state index in [0.29, 0.717) is 6.04 Å². The lowest BCUT2D eigenvalue weighted by Gasteiger charge is -2.36. The largest absolute Gasteiger partial charge is 0.339 e. The predicted octanol–water partition coefficient (Wildman–Crippen LogP) is 4.02. The quantitative estimate of drug-likeness (QED) is 0.671. The summed E-state index contributed by atoms with van der Waals surface area (Å²) >= 11 is 1.52. The van der Waals surface area contributed by atoms with Crippen LogP contribution < -0.4 is 0 Å². The number of hydrogen-bond donors (Lipinski definition) is 0. The molecule has 0 saturated carbocycles. The highest BCUT2D eigenvalue weighted by molar-refractivity contribution is 8.00. The molecular weight excluding hydrogens is 358 g/mol. The summed E-state index contributed by atoms with van der Waals surface area (Å²) in [5, 5.41) is 9.45. The highest BCUT2D eigenvalue weighted by Crippen LogP contribution is 2.29. The van der Waals surface area contributed by atoms with Crippen molar-refractivity contribution < 1.29 is 4.79 Å². The normalized spacial score (nSPS) is 18.5. The minimum atomic E-state index is -0.165. The van der Waals surface area contributed by atoms with Gasteiger partial charge in [-0.05, 0) is 51.2 Å². The van der Waals surface area contributed by atoms with Crippen molar-refractivity contribution in [3.63, 3.8) is 0 Å². The van der Waals surface area contributed by atoms with Gasteiger partial charge in [-0.2, -0.15) is 0 Å². The van der Waals surface area contributed by atoms with Crippen LogP contribution in [0.4, 0.5) is 0 Å². The molecule has 0 aromatic carbocycles. The van der Waals surface area contributed by atoms with Gasteiger partial charge in [0, 0.05) is 37.1 Å². The number of likely N-dealkylation sites (tertiary alicyclic amines) is 1. The van der Waals surface area contributed by atoms with E-state index in [4.69, 9.17) is 0 Å². The van der Waals surface area contributed by atoms with Crippen LogP contribution in [-0.4, -0.2) is 48.4 Å². The van der Waals surface area contributed by atoms with Crippen molar-refractivity contribution in [2.24, 2.45) is 0 Å². The van der Waals surface area contributed by atoms with Crippen molar-refractivity contribution in [2.75, 3.05) is 6.54 Å². The van der Waals surface area contributed by atoms with E-state index in [-0.39, 0.29) is 11.2 Å². The molecule has 0 aliphatic carbocycles. The summed E-state index contributed by atoms with van der Waals surface area (Å²) in [6, 6.07) is 4.27. The van der Waals surface area contributed by atoms with Crippen LogP contribution in [0.15, 0.2) is 29.7 Å². The van der Waals surface area contributed by atoms with Gasteiger partial charge in [-0.25, -0.2) is 0 Å². The predicted molar refractivity (Wildman–Crippen MR) is 109 cm³/mol. The summed E-state index contributed by atoms with van der Waals surface area (Å²) in [5.74, 6) is 1.06. The molecule has 0 radical (unpaired) electrons. The van der Waals surface area contributed by atoms with E-state index in [1.54, 1.807) is 12.4 Å². The first-order valence-electron chi connectivity index (χ1n) is 9.96. The summed E-state index contributed by atoms with van der Waals surface area (Å²) < 4.78 is 2.12. The molecule has 0 spiro atoms. The molecule has 3 rings (SSSR count). The summed E-state index contributed by atoms with van der Waals surface area (Å²) in [5.41, 5.74) is 0.999. The van der Waals surface area contributed by atoms with Crippen LogP contribution in [0.1, 0.15) is 52.9 Å². The fraction of sp³-hybridized carbons (Fsp3) is 0.600. The minimum Gasteiger partial charge on any atom is -0.339 e. The fourth-order valence-electron chi connectivity index (χ4n) is 3.67. The monoisotopic (exact) mass is 387 g/mol. The first kappa shape index (κ1) is 19.9. The van der Waals surface area contributed by atoms with E-state index in [1.807, 2.05) is 19.1 Å². The SMILES string of the molecule is CCCn1c(SC(C)C(=O)N2CCCCC2CC)nnc1-c1ccncc1. The number of carbonyl (C=O) groups is 1. The van der Waals surface area contributed by atoms with E-state index in [2.05, 4.69) is 38.5 Å². The first-order valence-corrected chi connectivity index (χ1v) is 10.8. The van der Waals surface area contributed by atoms with Gasteiger partial charge in [-0.1, -0.05) is 25.6 Å². The average molecular weight is 388 g/mol. The van der Waals surface area contributed by atoms with Gasteiger partial charge >= 0.3 is 0 Å². The molecule has 2 aromatic rings. The zero-order chi connectivity index (χ0) is 19.2. The second-order valence-electron chi connectivity index (χ2n) is 7.04. The number of thioether (sulfide) groups is 1. The molecular formula is C20H29N5OS. The molecule has 6 nitrogen and oxygen atoms in total. The van der Waals surface area contributed by atoms with Crippen molar-refractivity contribution in [3.05, 3.63) is 24.5 Å². The lowest BCUT2D eigenvalue weighted by molar-refractivity contribution is -0.134.